The van der Waals surface area contributed by atoms with Crippen molar-refractivity contribution in [3.63, 3.8) is 0 Å². The smallest absolute Gasteiger partial charge is 0.356 e. The molecular weight excluding hydrogens is 270 g/mol. The van der Waals surface area contributed by atoms with E-state index < -0.39 is 5.97 Å². The summed E-state index contributed by atoms with van der Waals surface area (Å²) in [5.74, 6) is -0.693. The molecule has 1 aromatic rings. The first-order valence-electron chi connectivity index (χ1n) is 7.04. The van der Waals surface area contributed by atoms with Crippen molar-refractivity contribution in [1.82, 2.24) is 14.8 Å². The van der Waals surface area contributed by atoms with Gasteiger partial charge in [-0.05, 0) is 45.1 Å². The Kier molecular flexibility index (Phi) is 4.90. The third kappa shape index (κ3) is 3.58. The van der Waals surface area contributed by atoms with Crippen molar-refractivity contribution in [2.75, 3.05) is 34.3 Å². The summed E-state index contributed by atoms with van der Waals surface area (Å²) in [5, 5.41) is 0. The second kappa shape index (κ2) is 6.67. The Morgan fingerprint density at radius 2 is 1.90 bits per heavy atom. The number of methoxy groups -OCH3 is 1. The van der Waals surface area contributed by atoms with Gasteiger partial charge < -0.3 is 14.5 Å². The minimum atomic E-state index is -0.536. The molecule has 0 unspecified atom stereocenters. The molecule has 1 amide bonds. The zero-order chi connectivity index (χ0) is 15.4. The Labute approximate surface area is 124 Å². The molecule has 0 bridgehead atoms. The van der Waals surface area contributed by atoms with Crippen LogP contribution in [0.2, 0.25) is 0 Å². The van der Waals surface area contributed by atoms with Crippen molar-refractivity contribution in [2.24, 2.45) is 0 Å². The molecule has 0 spiro atoms. The fourth-order valence-electron chi connectivity index (χ4n) is 2.50. The minimum Gasteiger partial charge on any atom is -0.464 e. The van der Waals surface area contributed by atoms with E-state index in [2.05, 4.69) is 21.7 Å². The topological polar surface area (TPSA) is 62.7 Å². The number of carbonyl (C=O) groups excluding carboxylic acids is 2. The molecule has 1 aliphatic heterocycles. The number of hydrogen-bond acceptors (Lipinski definition) is 5. The predicted octanol–water partition coefficient (Wildman–Crippen LogP) is 1.03. The Morgan fingerprint density at radius 3 is 2.52 bits per heavy atom. The SMILES string of the molecule is COC(=O)c1cccc(C(=O)N(C)C2CCN(C)CC2)n1. The fourth-order valence-corrected chi connectivity index (χ4v) is 2.50. The van der Waals surface area contributed by atoms with Crippen molar-refractivity contribution in [2.45, 2.75) is 18.9 Å². The summed E-state index contributed by atoms with van der Waals surface area (Å²) < 4.78 is 4.63. The van der Waals surface area contributed by atoms with Crippen LogP contribution in [-0.4, -0.2) is 67.0 Å². The number of likely N-dealkylation sites (tertiary alicyclic amines) is 1. The summed E-state index contributed by atoms with van der Waals surface area (Å²) in [6.45, 7) is 1.97. The van der Waals surface area contributed by atoms with Crippen LogP contribution in [0.15, 0.2) is 18.2 Å². The van der Waals surface area contributed by atoms with Crippen molar-refractivity contribution >= 4 is 11.9 Å². The number of rotatable bonds is 3. The highest BCUT2D eigenvalue weighted by molar-refractivity contribution is 5.94. The van der Waals surface area contributed by atoms with Crippen LogP contribution in [0, 0.1) is 0 Å². The lowest BCUT2D eigenvalue weighted by Crippen LogP contribution is -2.44. The van der Waals surface area contributed by atoms with Crippen molar-refractivity contribution < 1.29 is 14.3 Å². The summed E-state index contributed by atoms with van der Waals surface area (Å²) in [7, 11) is 5.17. The van der Waals surface area contributed by atoms with Gasteiger partial charge in [0, 0.05) is 13.1 Å². The summed E-state index contributed by atoms with van der Waals surface area (Å²) in [6.07, 6.45) is 1.91. The molecule has 0 aromatic carbocycles. The van der Waals surface area contributed by atoms with E-state index in [1.165, 1.54) is 13.2 Å². The minimum absolute atomic E-state index is 0.153. The van der Waals surface area contributed by atoms with Gasteiger partial charge in [-0.2, -0.15) is 0 Å². The van der Waals surface area contributed by atoms with Gasteiger partial charge in [0.25, 0.3) is 5.91 Å². The first-order chi connectivity index (χ1) is 10.0. The number of hydrogen-bond donors (Lipinski definition) is 0. The van der Waals surface area contributed by atoms with Crippen LogP contribution in [0.3, 0.4) is 0 Å². The quantitative estimate of drug-likeness (QED) is 0.779. The number of pyridine rings is 1. The summed E-state index contributed by atoms with van der Waals surface area (Å²) in [5.41, 5.74) is 0.430. The zero-order valence-corrected chi connectivity index (χ0v) is 12.7. The van der Waals surface area contributed by atoms with E-state index in [4.69, 9.17) is 0 Å². The second-order valence-electron chi connectivity index (χ2n) is 5.35. The van der Waals surface area contributed by atoms with E-state index in [-0.39, 0.29) is 23.3 Å². The molecule has 1 saturated heterocycles. The van der Waals surface area contributed by atoms with Crippen LogP contribution in [0.25, 0.3) is 0 Å². The van der Waals surface area contributed by atoms with E-state index in [1.54, 1.807) is 24.1 Å². The van der Waals surface area contributed by atoms with Gasteiger partial charge in [0.15, 0.2) is 0 Å². The molecule has 6 heteroatoms. The van der Waals surface area contributed by atoms with Gasteiger partial charge in [-0.3, -0.25) is 4.79 Å². The second-order valence-corrected chi connectivity index (χ2v) is 5.35. The van der Waals surface area contributed by atoms with Gasteiger partial charge in [-0.25, -0.2) is 9.78 Å². The molecule has 114 valence electrons. The van der Waals surface area contributed by atoms with Crippen molar-refractivity contribution in [1.29, 1.82) is 0 Å². The molecule has 2 rings (SSSR count). The van der Waals surface area contributed by atoms with Crippen LogP contribution in [-0.2, 0) is 4.74 Å². The average Bonchev–Trinajstić information content (AvgIpc) is 2.53. The zero-order valence-electron chi connectivity index (χ0n) is 12.7. The number of esters is 1. The first-order valence-corrected chi connectivity index (χ1v) is 7.04. The maximum atomic E-state index is 12.5. The Hall–Kier alpha value is -1.95. The monoisotopic (exact) mass is 291 g/mol. The Bertz CT molecular complexity index is 525. The number of amides is 1. The van der Waals surface area contributed by atoms with E-state index in [0.717, 1.165) is 25.9 Å². The maximum Gasteiger partial charge on any atom is 0.356 e. The molecule has 1 aromatic heterocycles. The Balaban J connectivity index is 2.10. The highest BCUT2D eigenvalue weighted by Crippen LogP contribution is 2.16. The molecule has 2 heterocycles. The van der Waals surface area contributed by atoms with Crippen molar-refractivity contribution in [3.05, 3.63) is 29.6 Å². The van der Waals surface area contributed by atoms with Crippen LogP contribution in [0.1, 0.15) is 33.8 Å². The summed E-state index contributed by atoms with van der Waals surface area (Å²) in [4.78, 5) is 32.1. The average molecular weight is 291 g/mol. The third-order valence-electron chi connectivity index (χ3n) is 3.92. The lowest BCUT2D eigenvalue weighted by Gasteiger charge is -2.34. The van der Waals surface area contributed by atoms with E-state index in [1.807, 2.05) is 0 Å². The maximum absolute atomic E-state index is 12.5. The molecular formula is C15H21N3O3. The van der Waals surface area contributed by atoms with Gasteiger partial charge in [-0.1, -0.05) is 6.07 Å². The van der Waals surface area contributed by atoms with Gasteiger partial charge >= 0.3 is 5.97 Å². The predicted molar refractivity (Wildman–Crippen MR) is 78.2 cm³/mol. The highest BCUT2D eigenvalue weighted by atomic mass is 16.5. The largest absolute Gasteiger partial charge is 0.464 e. The lowest BCUT2D eigenvalue weighted by molar-refractivity contribution is 0.0593. The number of nitrogens with zero attached hydrogens (tertiary/aromatic N) is 3. The van der Waals surface area contributed by atoms with Gasteiger partial charge in [0.2, 0.25) is 0 Å². The Morgan fingerprint density at radius 1 is 1.29 bits per heavy atom. The lowest BCUT2D eigenvalue weighted by atomic mass is 10.0. The van der Waals surface area contributed by atoms with Gasteiger partial charge in [0.1, 0.15) is 11.4 Å². The van der Waals surface area contributed by atoms with Crippen LogP contribution >= 0.6 is 0 Å². The number of piperidine rings is 1. The molecule has 1 fully saturated rings. The molecule has 21 heavy (non-hydrogen) atoms. The third-order valence-corrected chi connectivity index (χ3v) is 3.92. The van der Waals surface area contributed by atoms with Crippen molar-refractivity contribution in [3.8, 4) is 0 Å². The van der Waals surface area contributed by atoms with Crippen LogP contribution < -0.4 is 0 Å². The number of carbonyl (C=O) groups is 2. The standard InChI is InChI=1S/C15H21N3O3/c1-17-9-7-11(8-10-17)18(2)14(19)12-5-4-6-13(16-12)15(20)21-3/h4-6,11H,7-10H2,1-3H3. The molecule has 0 atom stereocenters. The summed E-state index contributed by atoms with van der Waals surface area (Å²) in [6, 6.07) is 5.03. The molecule has 0 aliphatic carbocycles. The van der Waals surface area contributed by atoms with E-state index >= 15 is 0 Å². The van der Waals surface area contributed by atoms with Crippen LogP contribution in [0.5, 0.6) is 0 Å². The van der Waals surface area contributed by atoms with Gasteiger partial charge in [-0.15, -0.1) is 0 Å². The number of aromatic nitrogens is 1. The normalized spacial score (nSPS) is 16.5. The molecule has 0 saturated carbocycles. The molecule has 0 N–H and O–H groups in total. The highest BCUT2D eigenvalue weighted by Gasteiger charge is 2.25. The molecule has 0 radical (unpaired) electrons. The molecule has 1 aliphatic rings. The van der Waals surface area contributed by atoms with Gasteiger partial charge in [0.05, 0.1) is 7.11 Å². The van der Waals surface area contributed by atoms with E-state index in [9.17, 15) is 9.59 Å². The summed E-state index contributed by atoms with van der Waals surface area (Å²) >= 11 is 0. The number of ether oxygens (including phenoxy) is 1. The fraction of sp³-hybridized carbons (Fsp3) is 0.533. The van der Waals surface area contributed by atoms with E-state index in [0.29, 0.717) is 0 Å². The first kappa shape index (κ1) is 15.4. The molecule has 6 nitrogen and oxygen atoms in total. The van der Waals surface area contributed by atoms with Crippen LogP contribution in [0.4, 0.5) is 0 Å².